The van der Waals surface area contributed by atoms with Crippen molar-refractivity contribution in [3.63, 3.8) is 0 Å². The molecular weight excluding hydrogens is 255 g/mol. The highest BCUT2D eigenvalue weighted by molar-refractivity contribution is 5.87. The van der Waals surface area contributed by atoms with Gasteiger partial charge < -0.3 is 14.6 Å². The Morgan fingerprint density at radius 3 is 2.47 bits per heavy atom. The molecule has 1 aromatic carbocycles. The minimum absolute atomic E-state index is 0.0238. The van der Waals surface area contributed by atoms with Crippen LogP contribution in [0.4, 0.5) is 4.39 Å². The molecular formula is C12H11FN2O4. The number of H-pyrrole nitrogens is 1. The highest BCUT2D eigenvalue weighted by atomic mass is 19.1. The van der Waals surface area contributed by atoms with Crippen LogP contribution in [-0.2, 0) is 0 Å². The summed E-state index contributed by atoms with van der Waals surface area (Å²) in [6.07, 6.45) is 0. The molecule has 0 saturated heterocycles. The zero-order valence-corrected chi connectivity index (χ0v) is 10.2. The topological polar surface area (TPSA) is 84.4 Å². The zero-order valence-electron chi connectivity index (χ0n) is 10.2. The molecule has 0 unspecified atom stereocenters. The molecule has 0 aliphatic carbocycles. The smallest absolute Gasteiger partial charge is 0.353 e. The number of rotatable bonds is 4. The molecule has 0 spiro atoms. The van der Waals surface area contributed by atoms with Gasteiger partial charge in [-0.05, 0) is 12.1 Å². The average molecular weight is 266 g/mol. The van der Waals surface area contributed by atoms with Gasteiger partial charge in [-0.25, -0.2) is 9.18 Å². The number of carboxylic acids is 1. The van der Waals surface area contributed by atoms with Gasteiger partial charge in [-0.1, -0.05) is 0 Å². The lowest BCUT2D eigenvalue weighted by Gasteiger charge is -2.09. The van der Waals surface area contributed by atoms with E-state index in [0.29, 0.717) is 11.3 Å². The van der Waals surface area contributed by atoms with Crippen molar-refractivity contribution in [2.45, 2.75) is 0 Å². The van der Waals surface area contributed by atoms with Gasteiger partial charge in [-0.15, -0.1) is 0 Å². The van der Waals surface area contributed by atoms with Gasteiger partial charge in [0.15, 0.2) is 11.6 Å². The average Bonchev–Trinajstić information content (AvgIpc) is 2.88. The molecule has 2 aromatic rings. The van der Waals surface area contributed by atoms with Gasteiger partial charge >= 0.3 is 5.97 Å². The lowest BCUT2D eigenvalue weighted by Crippen LogP contribution is -1.95. The fourth-order valence-corrected chi connectivity index (χ4v) is 1.63. The van der Waals surface area contributed by atoms with Crippen molar-refractivity contribution in [2.24, 2.45) is 0 Å². The maximum absolute atomic E-state index is 13.5. The van der Waals surface area contributed by atoms with E-state index in [4.69, 9.17) is 14.6 Å². The predicted octanol–water partition coefficient (Wildman–Crippen LogP) is 1.93. The van der Waals surface area contributed by atoms with E-state index in [1.54, 1.807) is 0 Å². The molecule has 0 fully saturated rings. The fourth-order valence-electron chi connectivity index (χ4n) is 1.63. The first kappa shape index (κ1) is 12.9. The second kappa shape index (κ2) is 4.97. The first-order valence-electron chi connectivity index (χ1n) is 5.27. The molecule has 1 aromatic heterocycles. The van der Waals surface area contributed by atoms with Crippen molar-refractivity contribution in [1.82, 2.24) is 10.2 Å². The highest BCUT2D eigenvalue weighted by Gasteiger charge is 2.16. The number of ether oxygens (including phenoxy) is 2. The van der Waals surface area contributed by atoms with Gasteiger partial charge in [0.25, 0.3) is 0 Å². The lowest BCUT2D eigenvalue weighted by molar-refractivity contribution is 0.0690. The maximum atomic E-state index is 13.5. The number of carboxylic acid groups (broad SMARTS) is 1. The largest absolute Gasteiger partial charge is 0.496 e. The number of hydrogen-bond acceptors (Lipinski definition) is 4. The molecule has 0 amide bonds. The third kappa shape index (κ3) is 2.35. The molecule has 2 rings (SSSR count). The molecule has 7 heteroatoms. The number of nitrogens with zero attached hydrogens (tertiary/aromatic N) is 1. The first-order valence-corrected chi connectivity index (χ1v) is 5.27. The molecule has 2 N–H and O–H groups in total. The number of aromatic carboxylic acids is 1. The van der Waals surface area contributed by atoms with Crippen LogP contribution < -0.4 is 9.47 Å². The van der Waals surface area contributed by atoms with E-state index in [2.05, 4.69) is 10.2 Å². The van der Waals surface area contributed by atoms with Crippen molar-refractivity contribution in [2.75, 3.05) is 14.2 Å². The van der Waals surface area contributed by atoms with Crippen LogP contribution in [0.2, 0.25) is 0 Å². The van der Waals surface area contributed by atoms with E-state index in [1.165, 1.54) is 26.4 Å². The van der Waals surface area contributed by atoms with Gasteiger partial charge in [0.1, 0.15) is 11.4 Å². The van der Waals surface area contributed by atoms with Crippen LogP contribution in [0.3, 0.4) is 0 Å². The Kier molecular flexibility index (Phi) is 3.37. The molecule has 0 aliphatic heterocycles. The Morgan fingerprint density at radius 1 is 1.26 bits per heavy atom. The number of halogens is 1. The van der Waals surface area contributed by atoms with Crippen LogP contribution >= 0.6 is 0 Å². The van der Waals surface area contributed by atoms with E-state index in [-0.39, 0.29) is 17.2 Å². The van der Waals surface area contributed by atoms with E-state index < -0.39 is 11.8 Å². The quantitative estimate of drug-likeness (QED) is 0.883. The normalized spacial score (nSPS) is 10.3. The highest BCUT2D eigenvalue weighted by Crippen LogP contribution is 2.34. The van der Waals surface area contributed by atoms with E-state index in [1.807, 2.05) is 0 Å². The van der Waals surface area contributed by atoms with Crippen LogP contribution in [0.15, 0.2) is 18.2 Å². The van der Waals surface area contributed by atoms with E-state index in [9.17, 15) is 9.18 Å². The summed E-state index contributed by atoms with van der Waals surface area (Å²) in [6.45, 7) is 0. The van der Waals surface area contributed by atoms with Gasteiger partial charge in [-0.3, -0.25) is 5.10 Å². The summed E-state index contributed by atoms with van der Waals surface area (Å²) in [7, 11) is 2.72. The first-order chi connectivity index (χ1) is 9.06. The number of nitrogens with one attached hydrogen (secondary N) is 1. The molecule has 19 heavy (non-hydrogen) atoms. The number of aromatic nitrogens is 2. The standard InChI is InChI=1S/C12H11FN2O4/c1-18-10-4-7(13)11(19-2)3-6(10)8-5-9(12(16)17)15-14-8/h3-5H,1-2H3,(H,14,15)(H,16,17). The van der Waals surface area contributed by atoms with Crippen LogP contribution in [0.5, 0.6) is 11.5 Å². The minimum Gasteiger partial charge on any atom is -0.496 e. The fraction of sp³-hybridized carbons (Fsp3) is 0.167. The third-order valence-electron chi connectivity index (χ3n) is 2.56. The Balaban J connectivity index is 2.55. The third-order valence-corrected chi connectivity index (χ3v) is 2.56. The minimum atomic E-state index is -1.13. The summed E-state index contributed by atoms with van der Waals surface area (Å²) in [5.74, 6) is -1.44. The summed E-state index contributed by atoms with van der Waals surface area (Å²) in [5.41, 5.74) is 0.692. The predicted molar refractivity (Wildman–Crippen MR) is 64.0 cm³/mol. The van der Waals surface area contributed by atoms with Crippen molar-refractivity contribution in [3.05, 3.63) is 29.7 Å². The molecule has 0 aliphatic rings. The van der Waals surface area contributed by atoms with Gasteiger partial charge in [-0.2, -0.15) is 5.10 Å². The van der Waals surface area contributed by atoms with Crippen LogP contribution in [-0.4, -0.2) is 35.5 Å². The van der Waals surface area contributed by atoms with E-state index >= 15 is 0 Å². The summed E-state index contributed by atoms with van der Waals surface area (Å²) < 4.78 is 23.5. The Hall–Kier alpha value is -2.57. The number of carbonyl (C=O) groups is 1. The SMILES string of the molecule is COc1cc(-c2cc(C(=O)O)[nH]n2)c(OC)cc1F. The molecule has 1 heterocycles. The molecule has 0 radical (unpaired) electrons. The van der Waals surface area contributed by atoms with Crippen molar-refractivity contribution < 1.29 is 23.8 Å². The van der Waals surface area contributed by atoms with Crippen molar-refractivity contribution in [3.8, 4) is 22.8 Å². The van der Waals surface area contributed by atoms with Gasteiger partial charge in [0.05, 0.1) is 19.9 Å². The molecule has 100 valence electrons. The van der Waals surface area contributed by atoms with Crippen LogP contribution in [0.25, 0.3) is 11.3 Å². The number of hydrogen-bond donors (Lipinski definition) is 2. The molecule has 0 bridgehead atoms. The van der Waals surface area contributed by atoms with Crippen molar-refractivity contribution in [1.29, 1.82) is 0 Å². The summed E-state index contributed by atoms with van der Waals surface area (Å²) in [4.78, 5) is 10.8. The summed E-state index contributed by atoms with van der Waals surface area (Å²) in [6, 6.07) is 3.89. The Bertz CT molecular complexity index is 624. The summed E-state index contributed by atoms with van der Waals surface area (Å²) >= 11 is 0. The molecule has 0 saturated carbocycles. The zero-order chi connectivity index (χ0) is 14.0. The summed E-state index contributed by atoms with van der Waals surface area (Å²) in [5, 5.41) is 15.1. The number of methoxy groups -OCH3 is 2. The Morgan fingerprint density at radius 2 is 1.95 bits per heavy atom. The maximum Gasteiger partial charge on any atom is 0.353 e. The molecule has 6 nitrogen and oxygen atoms in total. The van der Waals surface area contributed by atoms with Gasteiger partial charge in [0.2, 0.25) is 0 Å². The second-order valence-corrected chi connectivity index (χ2v) is 3.66. The number of benzene rings is 1. The number of aromatic amines is 1. The van der Waals surface area contributed by atoms with Gasteiger partial charge in [0, 0.05) is 11.6 Å². The van der Waals surface area contributed by atoms with Crippen molar-refractivity contribution >= 4 is 5.97 Å². The monoisotopic (exact) mass is 266 g/mol. The van der Waals surface area contributed by atoms with E-state index in [0.717, 1.165) is 6.07 Å². The molecule has 0 atom stereocenters. The lowest BCUT2D eigenvalue weighted by atomic mass is 10.1. The van der Waals surface area contributed by atoms with Crippen LogP contribution in [0, 0.1) is 5.82 Å². The Labute approximate surface area is 107 Å². The van der Waals surface area contributed by atoms with Crippen LogP contribution in [0.1, 0.15) is 10.5 Å². The second-order valence-electron chi connectivity index (χ2n) is 3.66.